The Balaban J connectivity index is 2.62. The molecule has 0 unspecified atom stereocenters. The molecule has 1 aromatic heterocycles. The predicted octanol–water partition coefficient (Wildman–Crippen LogP) is 1.69. The summed E-state index contributed by atoms with van der Waals surface area (Å²) in [6.07, 6.45) is 1.70. The van der Waals surface area contributed by atoms with Crippen LogP contribution in [0.3, 0.4) is 0 Å². The Kier molecular flexibility index (Phi) is 5.50. The van der Waals surface area contributed by atoms with E-state index >= 15 is 0 Å². The summed E-state index contributed by atoms with van der Waals surface area (Å²) >= 11 is 3.12. The molecule has 2 N–H and O–H groups in total. The number of carbonyl (C=O) groups excluding carboxylic acids is 1. The Morgan fingerprint density at radius 2 is 2.33 bits per heavy atom. The highest BCUT2D eigenvalue weighted by atomic mass is 79.9. The molecule has 0 aliphatic heterocycles. The number of halogens is 1. The molecule has 0 aromatic carbocycles. The first-order valence-electron chi connectivity index (χ1n) is 5.35. The third-order valence-electron chi connectivity index (χ3n) is 2.05. The van der Waals surface area contributed by atoms with Crippen LogP contribution in [0.1, 0.15) is 13.3 Å². The van der Waals surface area contributed by atoms with E-state index in [-0.39, 0.29) is 23.8 Å². The molecule has 0 bridgehead atoms. The first-order valence-corrected chi connectivity index (χ1v) is 6.14. The Morgan fingerprint density at radius 3 is 2.94 bits per heavy atom. The fraction of sp³-hybridized carbons (Fsp3) is 0.400. The first-order chi connectivity index (χ1) is 8.54. The zero-order valence-corrected chi connectivity index (χ0v) is 11.4. The number of nitrogens with zero attached hydrogens (tertiary/aromatic N) is 2. The van der Waals surface area contributed by atoms with Gasteiger partial charge < -0.3 is 10.6 Å². The minimum Gasteiger partial charge on any atom is -0.364 e. The number of hydrogen-bond donors (Lipinski definition) is 2. The van der Waals surface area contributed by atoms with Crippen LogP contribution in [0, 0.1) is 10.1 Å². The quantitative estimate of drug-likeness (QED) is 0.615. The maximum Gasteiger partial charge on any atom is 0.312 e. The van der Waals surface area contributed by atoms with E-state index in [0.717, 1.165) is 0 Å². The van der Waals surface area contributed by atoms with Gasteiger partial charge in [-0.05, 0) is 22.9 Å². The van der Waals surface area contributed by atoms with Crippen molar-refractivity contribution in [2.24, 2.45) is 0 Å². The fourth-order valence-electron chi connectivity index (χ4n) is 1.28. The molecule has 0 aliphatic rings. The Hall–Kier alpha value is -1.70. The number of hydrogen-bond acceptors (Lipinski definition) is 5. The second-order valence-electron chi connectivity index (χ2n) is 3.41. The molecule has 1 rings (SSSR count). The maximum atomic E-state index is 11.2. The highest BCUT2D eigenvalue weighted by Crippen LogP contribution is 2.24. The van der Waals surface area contributed by atoms with Crippen molar-refractivity contribution in [2.45, 2.75) is 13.3 Å². The Bertz CT molecular complexity index is 453. The molecule has 0 saturated heterocycles. The lowest BCUT2D eigenvalue weighted by atomic mass is 10.3. The molecule has 18 heavy (non-hydrogen) atoms. The van der Waals surface area contributed by atoms with E-state index in [1.165, 1.54) is 12.3 Å². The zero-order chi connectivity index (χ0) is 13.5. The van der Waals surface area contributed by atoms with Gasteiger partial charge in [0.05, 0.1) is 4.92 Å². The van der Waals surface area contributed by atoms with Gasteiger partial charge in [-0.1, -0.05) is 0 Å². The second kappa shape index (κ2) is 6.90. The van der Waals surface area contributed by atoms with Gasteiger partial charge >= 0.3 is 5.69 Å². The fourth-order valence-corrected chi connectivity index (χ4v) is 1.60. The van der Waals surface area contributed by atoms with Crippen LogP contribution in [-0.2, 0) is 4.79 Å². The van der Waals surface area contributed by atoms with Crippen LogP contribution in [0.5, 0.6) is 0 Å². The number of nitro groups is 1. The largest absolute Gasteiger partial charge is 0.364 e. The SMILES string of the molecule is CCNC(=O)CCNc1ncc(Br)cc1[N+](=O)[O-]. The van der Waals surface area contributed by atoms with E-state index in [4.69, 9.17) is 0 Å². The molecule has 0 spiro atoms. The van der Waals surface area contributed by atoms with E-state index in [0.29, 0.717) is 17.6 Å². The van der Waals surface area contributed by atoms with Crippen LogP contribution in [0.4, 0.5) is 11.5 Å². The van der Waals surface area contributed by atoms with Gasteiger partial charge in [-0.25, -0.2) is 4.98 Å². The normalized spacial score (nSPS) is 9.89. The number of anilines is 1. The summed E-state index contributed by atoms with van der Waals surface area (Å²) in [6, 6.07) is 1.36. The van der Waals surface area contributed by atoms with Crippen molar-refractivity contribution in [2.75, 3.05) is 18.4 Å². The second-order valence-corrected chi connectivity index (χ2v) is 4.32. The van der Waals surface area contributed by atoms with E-state index in [1.807, 2.05) is 6.92 Å². The van der Waals surface area contributed by atoms with Crippen LogP contribution in [0.2, 0.25) is 0 Å². The van der Waals surface area contributed by atoms with E-state index < -0.39 is 4.92 Å². The number of rotatable bonds is 6. The number of amides is 1. The third kappa shape index (κ3) is 4.28. The minimum absolute atomic E-state index is 0.107. The van der Waals surface area contributed by atoms with Crippen molar-refractivity contribution < 1.29 is 9.72 Å². The molecule has 8 heteroatoms. The minimum atomic E-state index is -0.522. The number of pyridine rings is 1. The van der Waals surface area contributed by atoms with Crippen molar-refractivity contribution in [3.8, 4) is 0 Å². The highest BCUT2D eigenvalue weighted by molar-refractivity contribution is 9.10. The van der Waals surface area contributed by atoms with E-state index in [2.05, 4.69) is 31.5 Å². The standard InChI is InChI=1S/C10H13BrN4O3/c1-2-12-9(16)3-4-13-10-8(15(17)18)5-7(11)6-14-10/h5-6H,2-4H2,1H3,(H,12,16)(H,13,14). The summed E-state index contributed by atoms with van der Waals surface area (Å²) in [6.45, 7) is 2.68. The van der Waals surface area contributed by atoms with Crippen molar-refractivity contribution in [1.29, 1.82) is 0 Å². The van der Waals surface area contributed by atoms with Crippen LogP contribution in [0.15, 0.2) is 16.7 Å². The van der Waals surface area contributed by atoms with Gasteiger partial charge in [0.2, 0.25) is 11.7 Å². The topological polar surface area (TPSA) is 97.2 Å². The third-order valence-corrected chi connectivity index (χ3v) is 2.48. The van der Waals surface area contributed by atoms with E-state index in [1.54, 1.807) is 0 Å². The summed E-state index contributed by atoms with van der Waals surface area (Å²) in [5.41, 5.74) is -0.125. The van der Waals surface area contributed by atoms with Gasteiger partial charge in [-0.15, -0.1) is 0 Å². The summed E-state index contributed by atoms with van der Waals surface area (Å²) in [7, 11) is 0. The molecular formula is C10H13BrN4O3. The Morgan fingerprint density at radius 1 is 1.61 bits per heavy atom. The van der Waals surface area contributed by atoms with Crippen molar-refractivity contribution >= 4 is 33.3 Å². The van der Waals surface area contributed by atoms with Crippen LogP contribution < -0.4 is 10.6 Å². The summed E-state index contributed by atoms with van der Waals surface area (Å²) < 4.78 is 0.531. The lowest BCUT2D eigenvalue weighted by Crippen LogP contribution is -2.25. The van der Waals surface area contributed by atoms with Crippen molar-refractivity contribution in [1.82, 2.24) is 10.3 Å². The summed E-state index contributed by atoms with van der Waals surface area (Å²) in [5.74, 6) is 0.0530. The van der Waals surface area contributed by atoms with Gasteiger partial charge in [0.1, 0.15) is 0 Å². The summed E-state index contributed by atoms with van der Waals surface area (Å²) in [4.78, 5) is 25.4. The lowest BCUT2D eigenvalue weighted by Gasteiger charge is -2.06. The predicted molar refractivity (Wildman–Crippen MR) is 70.4 cm³/mol. The molecule has 1 aromatic rings. The van der Waals surface area contributed by atoms with Gasteiger partial charge in [-0.2, -0.15) is 0 Å². The monoisotopic (exact) mass is 316 g/mol. The molecular weight excluding hydrogens is 304 g/mol. The molecule has 0 aliphatic carbocycles. The first kappa shape index (κ1) is 14.4. The summed E-state index contributed by atoms with van der Waals surface area (Å²) in [5, 5.41) is 16.2. The van der Waals surface area contributed by atoms with Gasteiger partial charge in [0, 0.05) is 36.2 Å². The lowest BCUT2D eigenvalue weighted by molar-refractivity contribution is -0.384. The molecule has 0 fully saturated rings. The van der Waals surface area contributed by atoms with Crippen molar-refractivity contribution in [3.63, 3.8) is 0 Å². The number of carbonyl (C=O) groups is 1. The maximum absolute atomic E-state index is 11.2. The average Bonchev–Trinajstić information content (AvgIpc) is 2.31. The van der Waals surface area contributed by atoms with E-state index in [9.17, 15) is 14.9 Å². The highest BCUT2D eigenvalue weighted by Gasteiger charge is 2.15. The number of aromatic nitrogens is 1. The molecule has 0 atom stereocenters. The number of nitrogens with one attached hydrogen (secondary N) is 2. The molecule has 1 heterocycles. The molecule has 0 saturated carbocycles. The molecule has 98 valence electrons. The van der Waals surface area contributed by atoms with Gasteiger partial charge in [-0.3, -0.25) is 14.9 Å². The zero-order valence-electron chi connectivity index (χ0n) is 9.77. The van der Waals surface area contributed by atoms with Gasteiger partial charge in [0.15, 0.2) is 0 Å². The smallest absolute Gasteiger partial charge is 0.312 e. The molecule has 7 nitrogen and oxygen atoms in total. The molecule has 1 amide bonds. The van der Waals surface area contributed by atoms with Crippen LogP contribution >= 0.6 is 15.9 Å². The van der Waals surface area contributed by atoms with Gasteiger partial charge in [0.25, 0.3) is 0 Å². The van der Waals surface area contributed by atoms with Crippen LogP contribution in [0.25, 0.3) is 0 Å². The molecule has 0 radical (unpaired) electrons. The average molecular weight is 317 g/mol. The Labute approximate surface area is 112 Å². The van der Waals surface area contributed by atoms with Crippen LogP contribution in [-0.4, -0.2) is 28.9 Å². The van der Waals surface area contributed by atoms with Crippen molar-refractivity contribution in [3.05, 3.63) is 26.9 Å².